The number of thioether (sulfide) groups is 1. The first-order valence-electron chi connectivity index (χ1n) is 9.39. The number of hydrogen-bond donors (Lipinski definition) is 2. The lowest BCUT2D eigenvalue weighted by atomic mass is 10.2. The lowest BCUT2D eigenvalue weighted by Gasteiger charge is -2.26. The molecule has 1 amide bonds. The van der Waals surface area contributed by atoms with Crippen LogP contribution in [0.1, 0.15) is 31.9 Å². The second kappa shape index (κ2) is 9.46. The number of amides is 1. The van der Waals surface area contributed by atoms with E-state index in [1.165, 1.54) is 29.4 Å². The molecule has 1 aliphatic heterocycles. The van der Waals surface area contributed by atoms with E-state index in [0.29, 0.717) is 13.1 Å². The quantitative estimate of drug-likeness (QED) is 0.619. The Morgan fingerprint density at radius 3 is 2.63 bits per heavy atom. The Morgan fingerprint density at radius 2 is 1.97 bits per heavy atom. The molecule has 1 atom stereocenters. The predicted octanol–water partition coefficient (Wildman–Crippen LogP) is 2.42. The molecule has 0 bridgehead atoms. The van der Waals surface area contributed by atoms with Gasteiger partial charge in [0.15, 0.2) is 5.16 Å². The lowest BCUT2D eigenvalue weighted by Crippen LogP contribution is -2.35. The highest BCUT2D eigenvalue weighted by molar-refractivity contribution is 8.00. The van der Waals surface area contributed by atoms with Gasteiger partial charge in [-0.3, -0.25) is 14.6 Å². The Balaban J connectivity index is 1.75. The summed E-state index contributed by atoms with van der Waals surface area (Å²) in [5.74, 6) is -0.419. The number of H-pyrrole nitrogens is 1. The zero-order valence-corrected chi connectivity index (χ0v) is 18.9. The fraction of sp³-hybridized carbons (Fsp3) is 0.444. The molecule has 1 aliphatic rings. The number of rotatable bonds is 6. The molecule has 1 saturated heterocycles. The van der Waals surface area contributed by atoms with Crippen molar-refractivity contribution in [1.29, 1.82) is 0 Å². The van der Waals surface area contributed by atoms with E-state index in [1.54, 1.807) is 6.92 Å². The van der Waals surface area contributed by atoms with Crippen molar-refractivity contribution >= 4 is 45.0 Å². The minimum atomic E-state index is -3.65. The number of aryl methyl sites for hydroxylation is 1. The van der Waals surface area contributed by atoms with Gasteiger partial charge in [-0.1, -0.05) is 29.8 Å². The van der Waals surface area contributed by atoms with Crippen molar-refractivity contribution in [2.75, 3.05) is 18.4 Å². The summed E-state index contributed by atoms with van der Waals surface area (Å²) < 4.78 is 27.2. The summed E-state index contributed by atoms with van der Waals surface area (Å²) in [7, 11) is -3.65. The number of nitrogens with zero attached hydrogens (tertiary/aromatic N) is 3. The van der Waals surface area contributed by atoms with Gasteiger partial charge in [-0.2, -0.15) is 4.31 Å². The van der Waals surface area contributed by atoms with E-state index in [0.717, 1.165) is 31.0 Å². The fourth-order valence-electron chi connectivity index (χ4n) is 2.90. The normalized spacial score (nSPS) is 16.2. The summed E-state index contributed by atoms with van der Waals surface area (Å²) in [6.45, 7) is 4.12. The number of carbonyl (C=O) groups excluding carboxylic acids is 1. The molecular formula is C18H22ClN5O4S2. The molecule has 2 aromatic rings. The molecule has 12 heteroatoms. The molecule has 0 radical (unpaired) electrons. The molecule has 0 aliphatic carbocycles. The molecule has 2 heterocycles. The summed E-state index contributed by atoms with van der Waals surface area (Å²) >= 11 is 7.20. The van der Waals surface area contributed by atoms with Gasteiger partial charge < -0.3 is 5.32 Å². The number of nitrogens with one attached hydrogen (secondary N) is 2. The highest BCUT2D eigenvalue weighted by atomic mass is 35.5. The van der Waals surface area contributed by atoms with E-state index in [9.17, 15) is 18.0 Å². The van der Waals surface area contributed by atoms with Crippen molar-refractivity contribution in [3.8, 4) is 0 Å². The first-order chi connectivity index (χ1) is 14.2. The van der Waals surface area contributed by atoms with Crippen LogP contribution in [0.5, 0.6) is 0 Å². The standard InChI is InChI=1S/C18H22ClN5O4S2/c1-11-16(25)21-18(23-22-11)29-12(2)17(26)20-15-10-13(6-7-14(15)19)30(27,28)24-8-4-3-5-9-24/h6-7,10,12H,3-5,8-9H2,1-2H3,(H,20,26)(H,21,23,25). The summed E-state index contributed by atoms with van der Waals surface area (Å²) in [5, 5.41) is 10.0. The van der Waals surface area contributed by atoms with Crippen molar-refractivity contribution in [1.82, 2.24) is 19.5 Å². The van der Waals surface area contributed by atoms with Crippen LogP contribution < -0.4 is 10.9 Å². The monoisotopic (exact) mass is 471 g/mol. The van der Waals surface area contributed by atoms with Crippen LogP contribution in [0.3, 0.4) is 0 Å². The van der Waals surface area contributed by atoms with Gasteiger partial charge in [0, 0.05) is 13.1 Å². The van der Waals surface area contributed by atoms with Gasteiger partial charge in [0.25, 0.3) is 5.56 Å². The minimum Gasteiger partial charge on any atom is -0.324 e. The Bertz CT molecular complexity index is 1100. The number of aromatic amines is 1. The van der Waals surface area contributed by atoms with Crippen LogP contribution in [0.15, 0.2) is 33.0 Å². The van der Waals surface area contributed by atoms with Crippen molar-refractivity contribution < 1.29 is 13.2 Å². The van der Waals surface area contributed by atoms with Gasteiger partial charge in [0.2, 0.25) is 15.9 Å². The minimum absolute atomic E-state index is 0.0816. The van der Waals surface area contributed by atoms with Crippen LogP contribution >= 0.6 is 23.4 Å². The van der Waals surface area contributed by atoms with Crippen LogP contribution in [0.4, 0.5) is 5.69 Å². The van der Waals surface area contributed by atoms with Crippen LogP contribution in [-0.4, -0.2) is 52.2 Å². The van der Waals surface area contributed by atoms with E-state index in [4.69, 9.17) is 11.6 Å². The Hall–Kier alpha value is -1.95. The molecule has 0 spiro atoms. The van der Waals surface area contributed by atoms with Crippen LogP contribution in [-0.2, 0) is 14.8 Å². The number of sulfonamides is 1. The third-order valence-corrected chi connectivity index (χ3v) is 7.84. The molecule has 1 unspecified atom stereocenters. The summed E-state index contributed by atoms with van der Waals surface area (Å²) in [5.41, 5.74) is 0.0597. The average Bonchev–Trinajstić information content (AvgIpc) is 2.72. The smallest absolute Gasteiger partial charge is 0.273 e. The molecule has 1 fully saturated rings. The van der Waals surface area contributed by atoms with Crippen molar-refractivity contribution in [2.24, 2.45) is 0 Å². The number of piperidine rings is 1. The topological polar surface area (TPSA) is 125 Å². The van der Waals surface area contributed by atoms with Crippen molar-refractivity contribution in [2.45, 2.75) is 48.4 Å². The number of carbonyl (C=O) groups is 1. The van der Waals surface area contributed by atoms with E-state index < -0.39 is 21.2 Å². The lowest BCUT2D eigenvalue weighted by molar-refractivity contribution is -0.115. The number of hydrogen-bond acceptors (Lipinski definition) is 7. The van der Waals surface area contributed by atoms with E-state index in [-0.39, 0.29) is 32.0 Å². The highest BCUT2D eigenvalue weighted by Crippen LogP contribution is 2.29. The Labute approximate surface area is 183 Å². The van der Waals surface area contributed by atoms with Crippen LogP contribution in [0, 0.1) is 6.92 Å². The third-order valence-electron chi connectivity index (χ3n) is 4.65. The summed E-state index contributed by atoms with van der Waals surface area (Å²) in [6, 6.07) is 4.26. The zero-order valence-electron chi connectivity index (χ0n) is 16.5. The molecule has 1 aromatic heterocycles. The second-order valence-electron chi connectivity index (χ2n) is 6.90. The molecule has 30 heavy (non-hydrogen) atoms. The van der Waals surface area contributed by atoms with Gasteiger partial charge in [-0.15, -0.1) is 10.2 Å². The Morgan fingerprint density at radius 1 is 1.27 bits per heavy atom. The second-order valence-corrected chi connectivity index (χ2v) is 10.6. The third kappa shape index (κ3) is 5.20. The first-order valence-corrected chi connectivity index (χ1v) is 12.1. The van der Waals surface area contributed by atoms with Crippen molar-refractivity contribution in [3.63, 3.8) is 0 Å². The maximum absolute atomic E-state index is 12.9. The average molecular weight is 472 g/mol. The Kier molecular flexibility index (Phi) is 7.17. The molecule has 162 valence electrons. The molecular weight excluding hydrogens is 450 g/mol. The van der Waals surface area contributed by atoms with Crippen LogP contribution in [0.2, 0.25) is 5.02 Å². The van der Waals surface area contributed by atoms with Gasteiger partial charge in [-0.25, -0.2) is 8.42 Å². The van der Waals surface area contributed by atoms with Gasteiger partial charge in [0.05, 0.1) is 20.9 Å². The van der Waals surface area contributed by atoms with E-state index in [1.807, 2.05) is 0 Å². The number of anilines is 1. The molecule has 9 nitrogen and oxygen atoms in total. The SMILES string of the molecule is Cc1nnc(SC(C)C(=O)Nc2cc(S(=O)(=O)N3CCCCC3)ccc2Cl)[nH]c1=O. The van der Waals surface area contributed by atoms with Gasteiger partial charge >= 0.3 is 0 Å². The fourth-order valence-corrected chi connectivity index (χ4v) is 5.35. The highest BCUT2D eigenvalue weighted by Gasteiger charge is 2.27. The van der Waals surface area contributed by atoms with Gasteiger partial charge in [-0.05, 0) is 44.9 Å². The summed E-state index contributed by atoms with van der Waals surface area (Å²) in [6.07, 6.45) is 2.67. The van der Waals surface area contributed by atoms with E-state index >= 15 is 0 Å². The maximum Gasteiger partial charge on any atom is 0.273 e. The zero-order chi connectivity index (χ0) is 21.9. The molecule has 0 saturated carbocycles. The predicted molar refractivity (Wildman–Crippen MR) is 115 cm³/mol. The van der Waals surface area contributed by atoms with E-state index in [2.05, 4.69) is 20.5 Å². The first kappa shape index (κ1) is 22.7. The maximum atomic E-state index is 12.9. The number of halogens is 1. The van der Waals surface area contributed by atoms with Crippen molar-refractivity contribution in [3.05, 3.63) is 39.3 Å². The molecule has 2 N–H and O–H groups in total. The molecule has 3 rings (SSSR count). The summed E-state index contributed by atoms with van der Waals surface area (Å²) in [4.78, 5) is 26.9. The number of aromatic nitrogens is 3. The molecule has 1 aromatic carbocycles. The van der Waals surface area contributed by atoms with Crippen LogP contribution in [0.25, 0.3) is 0 Å². The number of benzene rings is 1. The largest absolute Gasteiger partial charge is 0.324 e. The van der Waals surface area contributed by atoms with Gasteiger partial charge in [0.1, 0.15) is 5.69 Å².